The van der Waals surface area contributed by atoms with Gasteiger partial charge in [-0.3, -0.25) is 10.1 Å². The normalized spacial score (nSPS) is 10.7. The lowest BCUT2D eigenvalue weighted by Gasteiger charge is -2.08. The maximum Gasteiger partial charge on any atom is 0.199 e. The number of thiol groups is 1. The van der Waals surface area contributed by atoms with E-state index in [2.05, 4.69) is 28.6 Å². The lowest BCUT2D eigenvalue weighted by Crippen LogP contribution is -2.34. The fourth-order valence-electron chi connectivity index (χ4n) is 1.56. The van der Waals surface area contributed by atoms with E-state index in [9.17, 15) is 4.79 Å². The van der Waals surface area contributed by atoms with Gasteiger partial charge >= 0.3 is 0 Å². The molecular weight excluding hydrogens is 274 g/mol. The molecule has 20 heavy (non-hydrogen) atoms. The molecule has 0 fully saturated rings. The fraction of sp³-hybridized carbons (Fsp3) is 0.500. The van der Waals surface area contributed by atoms with Crippen LogP contribution in [-0.4, -0.2) is 44.6 Å². The van der Waals surface area contributed by atoms with Crippen molar-refractivity contribution in [1.29, 1.82) is 0 Å². The first-order chi connectivity index (χ1) is 9.79. The molecule has 1 aromatic rings. The lowest BCUT2D eigenvalue weighted by molar-refractivity contribution is -0.110. The van der Waals surface area contributed by atoms with Gasteiger partial charge in [0.15, 0.2) is 5.12 Å². The fourth-order valence-corrected chi connectivity index (χ4v) is 1.67. The van der Waals surface area contributed by atoms with Crippen LogP contribution in [0.2, 0.25) is 0 Å². The standard InChI is InChI=1S/C14H23N3O2S/c18-14(20)10-16-8-6-15-7-9-17-12-19-11-13-4-2-1-3-5-13/h1-5,15-17H,6-12H2,(H,18,20). The number of carbonyl (C=O) groups excluding carboxylic acids is 1. The Morgan fingerprint density at radius 3 is 2.35 bits per heavy atom. The van der Waals surface area contributed by atoms with Gasteiger partial charge in [-0.05, 0) is 5.56 Å². The first-order valence-electron chi connectivity index (χ1n) is 6.74. The molecule has 0 atom stereocenters. The molecule has 0 unspecified atom stereocenters. The molecule has 5 nitrogen and oxygen atoms in total. The summed E-state index contributed by atoms with van der Waals surface area (Å²) in [6.45, 7) is 4.79. The van der Waals surface area contributed by atoms with Crippen molar-refractivity contribution in [3.05, 3.63) is 35.9 Å². The summed E-state index contributed by atoms with van der Waals surface area (Å²) in [6.07, 6.45) is 0. The minimum atomic E-state index is -0.137. The highest BCUT2D eigenvalue weighted by atomic mass is 32.1. The molecule has 0 aliphatic heterocycles. The van der Waals surface area contributed by atoms with Crippen LogP contribution >= 0.6 is 12.6 Å². The van der Waals surface area contributed by atoms with Gasteiger partial charge in [-0.25, -0.2) is 0 Å². The molecule has 0 aliphatic rings. The van der Waals surface area contributed by atoms with E-state index in [0.717, 1.165) is 26.2 Å². The van der Waals surface area contributed by atoms with E-state index in [1.54, 1.807) is 0 Å². The Kier molecular flexibility index (Phi) is 10.2. The van der Waals surface area contributed by atoms with Gasteiger partial charge in [0.2, 0.25) is 0 Å². The van der Waals surface area contributed by atoms with Crippen molar-refractivity contribution in [1.82, 2.24) is 16.0 Å². The Morgan fingerprint density at radius 2 is 1.65 bits per heavy atom. The number of hydrogen-bond donors (Lipinski definition) is 4. The van der Waals surface area contributed by atoms with Crippen LogP contribution in [0.15, 0.2) is 30.3 Å². The SMILES string of the molecule is O=C(S)CNCCNCCNCOCc1ccccc1. The molecule has 0 heterocycles. The molecule has 112 valence electrons. The topological polar surface area (TPSA) is 62.4 Å². The van der Waals surface area contributed by atoms with Gasteiger partial charge in [-0.1, -0.05) is 30.3 Å². The molecule has 0 spiro atoms. The van der Waals surface area contributed by atoms with E-state index >= 15 is 0 Å². The van der Waals surface area contributed by atoms with Crippen molar-refractivity contribution < 1.29 is 9.53 Å². The molecule has 0 bridgehead atoms. The minimum Gasteiger partial charge on any atom is -0.362 e. The second-order valence-corrected chi connectivity index (χ2v) is 4.80. The van der Waals surface area contributed by atoms with Gasteiger partial charge in [0, 0.05) is 26.2 Å². The second kappa shape index (κ2) is 11.9. The van der Waals surface area contributed by atoms with Gasteiger partial charge in [-0.2, -0.15) is 0 Å². The molecule has 0 aliphatic carbocycles. The predicted molar refractivity (Wildman–Crippen MR) is 83.8 cm³/mol. The van der Waals surface area contributed by atoms with E-state index in [1.165, 1.54) is 5.56 Å². The molecule has 0 saturated heterocycles. The summed E-state index contributed by atoms with van der Waals surface area (Å²) in [5.74, 6) is 0. The highest BCUT2D eigenvalue weighted by Gasteiger charge is 1.93. The van der Waals surface area contributed by atoms with Crippen LogP contribution in [0.1, 0.15) is 5.56 Å². The minimum absolute atomic E-state index is 0.137. The number of carbonyl (C=O) groups is 1. The highest BCUT2D eigenvalue weighted by molar-refractivity contribution is 7.96. The van der Waals surface area contributed by atoms with E-state index in [4.69, 9.17) is 4.74 Å². The van der Waals surface area contributed by atoms with Crippen LogP contribution in [0, 0.1) is 0 Å². The van der Waals surface area contributed by atoms with E-state index < -0.39 is 0 Å². The van der Waals surface area contributed by atoms with Crippen molar-refractivity contribution in [2.45, 2.75) is 6.61 Å². The molecule has 0 saturated carbocycles. The van der Waals surface area contributed by atoms with E-state index in [0.29, 0.717) is 19.9 Å². The third-order valence-electron chi connectivity index (χ3n) is 2.55. The number of ether oxygens (including phenoxy) is 1. The third-order valence-corrected chi connectivity index (χ3v) is 2.71. The van der Waals surface area contributed by atoms with E-state index in [-0.39, 0.29) is 5.12 Å². The molecule has 6 heteroatoms. The Morgan fingerprint density at radius 1 is 1.00 bits per heavy atom. The van der Waals surface area contributed by atoms with Crippen molar-refractivity contribution in [2.75, 3.05) is 39.5 Å². The Labute approximate surface area is 125 Å². The first kappa shape index (κ1) is 17.1. The molecule has 3 N–H and O–H groups in total. The summed E-state index contributed by atoms with van der Waals surface area (Å²) in [5.41, 5.74) is 1.18. The Balaban J connectivity index is 1.80. The summed E-state index contributed by atoms with van der Waals surface area (Å²) in [5, 5.41) is 9.29. The molecule has 0 aromatic heterocycles. The summed E-state index contributed by atoms with van der Waals surface area (Å²) >= 11 is 3.67. The average Bonchev–Trinajstić information content (AvgIpc) is 2.45. The van der Waals surface area contributed by atoms with Crippen LogP contribution in [0.4, 0.5) is 0 Å². The zero-order valence-electron chi connectivity index (χ0n) is 11.6. The Bertz CT molecular complexity index is 363. The van der Waals surface area contributed by atoms with Crippen LogP contribution in [0.25, 0.3) is 0 Å². The summed E-state index contributed by atoms with van der Waals surface area (Å²) in [4.78, 5) is 10.5. The van der Waals surface area contributed by atoms with Crippen molar-refractivity contribution in [3.8, 4) is 0 Å². The quantitative estimate of drug-likeness (QED) is 0.255. The summed E-state index contributed by atoms with van der Waals surface area (Å²) in [7, 11) is 0. The predicted octanol–water partition coefficient (Wildman–Crippen LogP) is 0.386. The van der Waals surface area contributed by atoms with Crippen LogP contribution in [0.3, 0.4) is 0 Å². The van der Waals surface area contributed by atoms with Crippen LogP contribution < -0.4 is 16.0 Å². The Hall–Kier alpha value is -0.920. The third kappa shape index (κ3) is 9.94. The highest BCUT2D eigenvalue weighted by Crippen LogP contribution is 1.99. The first-order valence-corrected chi connectivity index (χ1v) is 7.19. The monoisotopic (exact) mass is 297 g/mol. The lowest BCUT2D eigenvalue weighted by atomic mass is 10.2. The maximum absolute atomic E-state index is 10.5. The molecule has 0 amide bonds. The van der Waals surface area contributed by atoms with Gasteiger partial charge < -0.3 is 15.4 Å². The number of nitrogens with one attached hydrogen (secondary N) is 3. The molecule has 1 aromatic carbocycles. The zero-order chi connectivity index (χ0) is 14.5. The van der Waals surface area contributed by atoms with Crippen molar-refractivity contribution in [3.63, 3.8) is 0 Å². The second-order valence-electron chi connectivity index (χ2n) is 4.30. The van der Waals surface area contributed by atoms with Gasteiger partial charge in [0.1, 0.15) is 0 Å². The zero-order valence-corrected chi connectivity index (χ0v) is 12.5. The molecular formula is C14H23N3O2S. The van der Waals surface area contributed by atoms with Crippen LogP contribution in [0.5, 0.6) is 0 Å². The largest absolute Gasteiger partial charge is 0.362 e. The van der Waals surface area contributed by atoms with Crippen LogP contribution in [-0.2, 0) is 16.1 Å². The van der Waals surface area contributed by atoms with Crippen molar-refractivity contribution >= 4 is 17.7 Å². The van der Waals surface area contributed by atoms with Crippen molar-refractivity contribution in [2.24, 2.45) is 0 Å². The number of benzene rings is 1. The average molecular weight is 297 g/mol. The van der Waals surface area contributed by atoms with E-state index in [1.807, 2.05) is 30.3 Å². The molecule has 0 radical (unpaired) electrons. The number of rotatable bonds is 12. The summed E-state index contributed by atoms with van der Waals surface area (Å²) in [6, 6.07) is 10.1. The van der Waals surface area contributed by atoms with Gasteiger partial charge in [-0.15, -0.1) is 12.6 Å². The van der Waals surface area contributed by atoms with Gasteiger partial charge in [0.05, 0.1) is 19.9 Å². The van der Waals surface area contributed by atoms with Gasteiger partial charge in [0.25, 0.3) is 0 Å². The summed E-state index contributed by atoms with van der Waals surface area (Å²) < 4.78 is 5.49. The number of hydrogen-bond acceptors (Lipinski definition) is 5. The smallest absolute Gasteiger partial charge is 0.199 e. The maximum atomic E-state index is 10.5. The molecule has 1 rings (SSSR count).